The first-order chi connectivity index (χ1) is 7.34. The first kappa shape index (κ1) is 8.05. The normalized spacial score (nSPS) is 10.9. The fraction of sp³-hybridized carbons (Fsp3) is 0. The van der Waals surface area contributed by atoms with Gasteiger partial charge in [-0.05, 0) is 18.2 Å². The molecule has 0 saturated carbocycles. The minimum atomic E-state index is 0.505. The summed E-state index contributed by atoms with van der Waals surface area (Å²) in [5, 5.41) is 5.17. The lowest BCUT2D eigenvalue weighted by Gasteiger charge is -1.94. The molecule has 0 unspecified atom stereocenters. The van der Waals surface area contributed by atoms with Crippen LogP contribution in [-0.2, 0) is 0 Å². The number of pyridine rings is 1. The van der Waals surface area contributed by atoms with E-state index in [0.29, 0.717) is 5.82 Å². The second-order valence-corrected chi connectivity index (χ2v) is 3.27. The summed E-state index contributed by atoms with van der Waals surface area (Å²) >= 11 is 0. The molecule has 0 fully saturated rings. The van der Waals surface area contributed by atoms with Crippen LogP contribution in [0.3, 0.4) is 0 Å². The maximum absolute atomic E-state index is 5.75. The Balaban J connectivity index is 2.27. The van der Waals surface area contributed by atoms with Gasteiger partial charge in [-0.15, -0.1) is 0 Å². The lowest BCUT2D eigenvalue weighted by Crippen LogP contribution is -1.94. The molecule has 0 aliphatic heterocycles. The molecule has 5 heteroatoms. The molecule has 3 rings (SSSR count). The molecule has 0 atom stereocenters. The minimum absolute atomic E-state index is 0.505. The molecule has 0 aromatic carbocycles. The number of fused-ring (bicyclic) bond motifs is 1. The van der Waals surface area contributed by atoms with Gasteiger partial charge in [0.05, 0.1) is 5.52 Å². The summed E-state index contributed by atoms with van der Waals surface area (Å²) in [4.78, 5) is 7.20. The van der Waals surface area contributed by atoms with Crippen LogP contribution in [0.1, 0.15) is 0 Å². The van der Waals surface area contributed by atoms with E-state index < -0.39 is 0 Å². The standard InChI is InChI=1S/C10H9N5/c11-10-9-7(2-4-12-10)6-8(14-9)15-5-1-3-13-15/h1-6,14H,(H2,11,12). The SMILES string of the molecule is Nc1nccc2cc(-n3cccn3)[nH]c12. The summed E-state index contributed by atoms with van der Waals surface area (Å²) in [6, 6.07) is 5.77. The molecule has 0 aliphatic rings. The highest BCUT2D eigenvalue weighted by molar-refractivity contribution is 5.89. The van der Waals surface area contributed by atoms with Crippen LogP contribution in [0, 0.1) is 0 Å². The quantitative estimate of drug-likeness (QED) is 0.621. The summed E-state index contributed by atoms with van der Waals surface area (Å²) in [6.07, 6.45) is 5.29. The highest BCUT2D eigenvalue weighted by atomic mass is 15.3. The zero-order chi connectivity index (χ0) is 10.3. The van der Waals surface area contributed by atoms with Crippen molar-refractivity contribution in [3.05, 3.63) is 36.8 Å². The molecule has 74 valence electrons. The van der Waals surface area contributed by atoms with Crippen LogP contribution in [-0.4, -0.2) is 19.7 Å². The number of rotatable bonds is 1. The highest BCUT2D eigenvalue weighted by Crippen LogP contribution is 2.20. The Kier molecular flexibility index (Phi) is 1.53. The van der Waals surface area contributed by atoms with Gasteiger partial charge in [0.25, 0.3) is 0 Å². The van der Waals surface area contributed by atoms with Gasteiger partial charge in [-0.2, -0.15) is 5.10 Å². The average molecular weight is 199 g/mol. The van der Waals surface area contributed by atoms with Gasteiger partial charge in [-0.25, -0.2) is 9.67 Å². The fourth-order valence-corrected chi connectivity index (χ4v) is 1.60. The van der Waals surface area contributed by atoms with Crippen molar-refractivity contribution in [2.75, 3.05) is 5.73 Å². The number of hydrogen-bond acceptors (Lipinski definition) is 3. The van der Waals surface area contributed by atoms with Crippen molar-refractivity contribution in [1.29, 1.82) is 0 Å². The van der Waals surface area contributed by atoms with Crippen LogP contribution >= 0.6 is 0 Å². The van der Waals surface area contributed by atoms with Crippen LogP contribution in [0.4, 0.5) is 5.82 Å². The first-order valence-electron chi connectivity index (χ1n) is 4.58. The van der Waals surface area contributed by atoms with E-state index in [-0.39, 0.29) is 0 Å². The zero-order valence-electron chi connectivity index (χ0n) is 7.88. The number of nitrogens with zero attached hydrogens (tertiary/aromatic N) is 3. The third kappa shape index (κ3) is 1.17. The molecule has 0 radical (unpaired) electrons. The maximum atomic E-state index is 5.75. The number of hydrogen-bond donors (Lipinski definition) is 2. The van der Waals surface area contributed by atoms with E-state index in [1.807, 2.05) is 24.4 Å². The van der Waals surface area contributed by atoms with Gasteiger partial charge in [-0.3, -0.25) is 0 Å². The fourth-order valence-electron chi connectivity index (χ4n) is 1.60. The second kappa shape index (κ2) is 2.84. The summed E-state index contributed by atoms with van der Waals surface area (Å²) < 4.78 is 1.75. The molecule has 0 bridgehead atoms. The summed E-state index contributed by atoms with van der Waals surface area (Å²) in [5.41, 5.74) is 6.60. The number of aromatic amines is 1. The molecule has 0 aliphatic carbocycles. The van der Waals surface area contributed by atoms with Crippen molar-refractivity contribution < 1.29 is 0 Å². The number of nitrogen functional groups attached to an aromatic ring is 1. The first-order valence-corrected chi connectivity index (χ1v) is 4.58. The van der Waals surface area contributed by atoms with E-state index in [1.54, 1.807) is 17.1 Å². The monoisotopic (exact) mass is 199 g/mol. The maximum Gasteiger partial charge on any atom is 0.147 e. The van der Waals surface area contributed by atoms with E-state index >= 15 is 0 Å². The Hall–Kier alpha value is -2.30. The minimum Gasteiger partial charge on any atom is -0.382 e. The second-order valence-electron chi connectivity index (χ2n) is 3.27. The molecule has 0 saturated heterocycles. The molecular formula is C10H9N5. The smallest absolute Gasteiger partial charge is 0.147 e. The largest absolute Gasteiger partial charge is 0.382 e. The molecule has 3 heterocycles. The molecule has 15 heavy (non-hydrogen) atoms. The van der Waals surface area contributed by atoms with Crippen molar-refractivity contribution in [2.45, 2.75) is 0 Å². The Morgan fingerprint density at radius 2 is 2.27 bits per heavy atom. The lowest BCUT2D eigenvalue weighted by atomic mass is 10.3. The third-order valence-corrected chi connectivity index (χ3v) is 2.31. The van der Waals surface area contributed by atoms with Gasteiger partial charge < -0.3 is 10.7 Å². The molecule has 3 aromatic heterocycles. The molecule has 3 aromatic rings. The van der Waals surface area contributed by atoms with Crippen molar-refractivity contribution in [2.24, 2.45) is 0 Å². The average Bonchev–Trinajstić information content (AvgIpc) is 2.86. The Labute approximate surface area is 85.5 Å². The summed E-state index contributed by atoms with van der Waals surface area (Å²) in [7, 11) is 0. The van der Waals surface area contributed by atoms with Crippen LogP contribution in [0.5, 0.6) is 0 Å². The van der Waals surface area contributed by atoms with Crippen LogP contribution in [0.25, 0.3) is 16.7 Å². The third-order valence-electron chi connectivity index (χ3n) is 2.31. The lowest BCUT2D eigenvalue weighted by molar-refractivity contribution is 0.858. The van der Waals surface area contributed by atoms with E-state index in [1.165, 1.54) is 0 Å². The van der Waals surface area contributed by atoms with Gasteiger partial charge in [0.2, 0.25) is 0 Å². The molecule has 5 nitrogen and oxygen atoms in total. The number of nitrogens with one attached hydrogen (secondary N) is 1. The highest BCUT2D eigenvalue weighted by Gasteiger charge is 2.05. The van der Waals surface area contributed by atoms with Gasteiger partial charge in [0.1, 0.15) is 11.6 Å². The van der Waals surface area contributed by atoms with Crippen LogP contribution < -0.4 is 5.73 Å². The van der Waals surface area contributed by atoms with Crippen molar-refractivity contribution in [3.63, 3.8) is 0 Å². The molecule has 0 amide bonds. The topological polar surface area (TPSA) is 72.5 Å². The predicted molar refractivity (Wildman–Crippen MR) is 57.6 cm³/mol. The van der Waals surface area contributed by atoms with E-state index in [4.69, 9.17) is 5.73 Å². The zero-order valence-corrected chi connectivity index (χ0v) is 7.88. The Morgan fingerprint density at radius 1 is 1.33 bits per heavy atom. The molecular weight excluding hydrogens is 190 g/mol. The van der Waals surface area contributed by atoms with Crippen molar-refractivity contribution >= 4 is 16.7 Å². The number of nitrogens with two attached hydrogens (primary N) is 1. The Bertz CT molecular complexity index is 593. The number of H-pyrrole nitrogens is 1. The molecule has 3 N–H and O–H groups in total. The molecule has 0 spiro atoms. The summed E-state index contributed by atoms with van der Waals surface area (Å²) in [5.74, 6) is 1.39. The van der Waals surface area contributed by atoms with E-state index in [9.17, 15) is 0 Å². The van der Waals surface area contributed by atoms with Crippen molar-refractivity contribution in [3.8, 4) is 5.82 Å². The van der Waals surface area contributed by atoms with Crippen molar-refractivity contribution in [1.82, 2.24) is 19.7 Å². The van der Waals surface area contributed by atoms with Gasteiger partial charge in [0.15, 0.2) is 0 Å². The van der Waals surface area contributed by atoms with Gasteiger partial charge in [0, 0.05) is 24.0 Å². The number of aromatic nitrogens is 4. The summed E-state index contributed by atoms with van der Waals surface area (Å²) in [6.45, 7) is 0. The van der Waals surface area contributed by atoms with Gasteiger partial charge >= 0.3 is 0 Å². The van der Waals surface area contributed by atoms with Crippen LogP contribution in [0.2, 0.25) is 0 Å². The van der Waals surface area contributed by atoms with Crippen LogP contribution in [0.15, 0.2) is 36.8 Å². The van der Waals surface area contributed by atoms with E-state index in [2.05, 4.69) is 15.1 Å². The van der Waals surface area contributed by atoms with E-state index in [0.717, 1.165) is 16.7 Å². The number of anilines is 1. The Morgan fingerprint density at radius 3 is 3.00 bits per heavy atom. The predicted octanol–water partition coefficient (Wildman–Crippen LogP) is 1.33. The van der Waals surface area contributed by atoms with Gasteiger partial charge in [-0.1, -0.05) is 0 Å².